The van der Waals surface area contributed by atoms with Crippen molar-refractivity contribution in [2.45, 2.75) is 6.92 Å². The summed E-state index contributed by atoms with van der Waals surface area (Å²) in [5, 5.41) is 0. The van der Waals surface area contributed by atoms with Gasteiger partial charge in [-0.05, 0) is 19.1 Å². The van der Waals surface area contributed by atoms with Gasteiger partial charge < -0.3 is 4.98 Å². The molecule has 0 spiro atoms. The summed E-state index contributed by atoms with van der Waals surface area (Å²) in [6, 6.07) is 0. The van der Waals surface area contributed by atoms with E-state index in [1.54, 1.807) is 18.6 Å². The lowest BCUT2D eigenvalue weighted by molar-refractivity contribution is -0.112. The van der Waals surface area contributed by atoms with Crippen LogP contribution < -0.4 is 0 Å². The number of imidazole rings is 1. The molecule has 1 rings (SSSR count). The fraction of sp³-hybridized carbons (Fsp3) is 0.143. The first-order chi connectivity index (χ1) is 4.79. The van der Waals surface area contributed by atoms with Crippen LogP contribution in [-0.4, -0.2) is 15.8 Å². The van der Waals surface area contributed by atoms with E-state index in [1.807, 2.05) is 0 Å². The van der Waals surface area contributed by atoms with Gasteiger partial charge in [0, 0.05) is 6.20 Å². The molecular formula is C7H8N2O. The summed E-state index contributed by atoms with van der Waals surface area (Å²) in [6.07, 6.45) is 6.44. The fourth-order valence-electron chi connectivity index (χ4n) is 0.566. The minimum atomic E-state index is 0.0306. The Hall–Kier alpha value is -1.38. The van der Waals surface area contributed by atoms with Crippen molar-refractivity contribution in [3.05, 3.63) is 24.3 Å². The van der Waals surface area contributed by atoms with Gasteiger partial charge in [0.1, 0.15) is 0 Å². The molecule has 0 radical (unpaired) electrons. The van der Waals surface area contributed by atoms with Crippen molar-refractivity contribution in [3.63, 3.8) is 0 Å². The van der Waals surface area contributed by atoms with Crippen LogP contribution in [0.5, 0.6) is 0 Å². The number of hydrogen-bond donors (Lipinski definition) is 1. The molecule has 0 aliphatic rings. The van der Waals surface area contributed by atoms with Gasteiger partial charge in [-0.15, -0.1) is 0 Å². The highest BCUT2D eigenvalue weighted by molar-refractivity contribution is 5.91. The molecule has 10 heavy (non-hydrogen) atoms. The number of carbonyl (C=O) groups excluding carboxylic acids is 1. The summed E-state index contributed by atoms with van der Waals surface area (Å²) in [6.45, 7) is 1.50. The number of aromatic amines is 1. The van der Waals surface area contributed by atoms with E-state index in [2.05, 4.69) is 9.97 Å². The molecule has 52 valence electrons. The van der Waals surface area contributed by atoms with Gasteiger partial charge in [-0.3, -0.25) is 4.79 Å². The maximum Gasteiger partial charge on any atom is 0.152 e. The SMILES string of the molecule is CC(=O)/C=C/c1c[nH]cn1. The van der Waals surface area contributed by atoms with Crippen LogP contribution in [0.15, 0.2) is 18.6 Å². The van der Waals surface area contributed by atoms with Crippen LogP contribution in [0.25, 0.3) is 6.08 Å². The number of rotatable bonds is 2. The molecule has 1 aromatic heterocycles. The minimum absolute atomic E-state index is 0.0306. The van der Waals surface area contributed by atoms with E-state index in [4.69, 9.17) is 0 Å². The zero-order valence-corrected chi connectivity index (χ0v) is 5.66. The monoisotopic (exact) mass is 136 g/mol. The average molecular weight is 136 g/mol. The highest BCUT2D eigenvalue weighted by atomic mass is 16.1. The lowest BCUT2D eigenvalue weighted by Crippen LogP contribution is -1.79. The second-order valence-corrected chi connectivity index (χ2v) is 1.94. The lowest BCUT2D eigenvalue weighted by atomic mass is 10.3. The second kappa shape index (κ2) is 2.96. The van der Waals surface area contributed by atoms with E-state index in [-0.39, 0.29) is 5.78 Å². The molecule has 0 unspecified atom stereocenters. The summed E-state index contributed by atoms with van der Waals surface area (Å²) >= 11 is 0. The van der Waals surface area contributed by atoms with Gasteiger partial charge in [0.15, 0.2) is 5.78 Å². The number of ketones is 1. The minimum Gasteiger partial charge on any atom is -0.351 e. The summed E-state index contributed by atoms with van der Waals surface area (Å²) in [7, 11) is 0. The molecule has 3 heteroatoms. The maximum atomic E-state index is 10.4. The van der Waals surface area contributed by atoms with Gasteiger partial charge in [-0.2, -0.15) is 0 Å². The standard InChI is InChI=1S/C7H8N2O/c1-6(10)2-3-7-4-8-5-9-7/h2-5H,1H3,(H,8,9)/b3-2+. The molecule has 0 fully saturated rings. The van der Waals surface area contributed by atoms with Gasteiger partial charge in [0.2, 0.25) is 0 Å². The van der Waals surface area contributed by atoms with Crippen molar-refractivity contribution < 1.29 is 4.79 Å². The molecule has 0 saturated carbocycles. The number of nitrogens with one attached hydrogen (secondary N) is 1. The van der Waals surface area contributed by atoms with Crippen LogP contribution >= 0.6 is 0 Å². The Morgan fingerprint density at radius 2 is 2.60 bits per heavy atom. The van der Waals surface area contributed by atoms with Crippen LogP contribution in [-0.2, 0) is 4.79 Å². The van der Waals surface area contributed by atoms with Gasteiger partial charge in [0.05, 0.1) is 12.0 Å². The van der Waals surface area contributed by atoms with Crippen LogP contribution in [0.3, 0.4) is 0 Å². The Kier molecular flexibility index (Phi) is 1.99. The Labute approximate surface area is 58.8 Å². The number of allylic oxidation sites excluding steroid dienone is 1. The predicted molar refractivity (Wildman–Crippen MR) is 38.3 cm³/mol. The molecule has 1 N–H and O–H groups in total. The first-order valence-corrected chi connectivity index (χ1v) is 2.96. The molecular weight excluding hydrogens is 128 g/mol. The normalized spacial score (nSPS) is 10.5. The van der Waals surface area contributed by atoms with Gasteiger partial charge >= 0.3 is 0 Å². The molecule has 0 aliphatic carbocycles. The number of aromatic nitrogens is 2. The maximum absolute atomic E-state index is 10.4. The summed E-state index contributed by atoms with van der Waals surface area (Å²) in [4.78, 5) is 17.1. The first kappa shape index (κ1) is 6.74. The van der Waals surface area contributed by atoms with E-state index in [9.17, 15) is 4.79 Å². The van der Waals surface area contributed by atoms with E-state index in [1.165, 1.54) is 13.0 Å². The molecule has 1 aromatic rings. The molecule has 0 bridgehead atoms. The zero-order chi connectivity index (χ0) is 7.40. The highest BCUT2D eigenvalue weighted by Gasteiger charge is 1.86. The summed E-state index contributed by atoms with van der Waals surface area (Å²) in [5.74, 6) is 0.0306. The van der Waals surface area contributed by atoms with E-state index < -0.39 is 0 Å². The Balaban J connectivity index is 2.64. The van der Waals surface area contributed by atoms with E-state index in [0.717, 1.165) is 5.69 Å². The van der Waals surface area contributed by atoms with E-state index in [0.29, 0.717) is 0 Å². The molecule has 0 aromatic carbocycles. The van der Waals surface area contributed by atoms with Crippen LogP contribution in [0.2, 0.25) is 0 Å². The Morgan fingerprint density at radius 3 is 3.10 bits per heavy atom. The fourth-order valence-corrected chi connectivity index (χ4v) is 0.566. The van der Waals surface area contributed by atoms with Crippen molar-refractivity contribution in [1.82, 2.24) is 9.97 Å². The molecule has 0 aliphatic heterocycles. The Morgan fingerprint density at radius 1 is 1.80 bits per heavy atom. The molecule has 3 nitrogen and oxygen atoms in total. The van der Waals surface area contributed by atoms with Gasteiger partial charge in [-0.1, -0.05) is 0 Å². The first-order valence-electron chi connectivity index (χ1n) is 2.96. The average Bonchev–Trinajstić information content (AvgIpc) is 2.34. The van der Waals surface area contributed by atoms with E-state index >= 15 is 0 Å². The van der Waals surface area contributed by atoms with Crippen molar-refractivity contribution in [2.75, 3.05) is 0 Å². The van der Waals surface area contributed by atoms with Crippen molar-refractivity contribution in [1.29, 1.82) is 0 Å². The third-order valence-corrected chi connectivity index (χ3v) is 1.01. The number of carbonyl (C=O) groups is 1. The zero-order valence-electron chi connectivity index (χ0n) is 5.66. The Bertz CT molecular complexity index is 236. The molecule has 0 saturated heterocycles. The smallest absolute Gasteiger partial charge is 0.152 e. The van der Waals surface area contributed by atoms with Gasteiger partial charge in [-0.25, -0.2) is 4.98 Å². The highest BCUT2D eigenvalue weighted by Crippen LogP contribution is 1.93. The summed E-state index contributed by atoms with van der Waals surface area (Å²) in [5.41, 5.74) is 0.773. The third-order valence-electron chi connectivity index (χ3n) is 1.01. The lowest BCUT2D eigenvalue weighted by Gasteiger charge is -1.78. The quantitative estimate of drug-likeness (QED) is 0.617. The van der Waals surface area contributed by atoms with Gasteiger partial charge in [0.25, 0.3) is 0 Å². The molecule has 0 amide bonds. The second-order valence-electron chi connectivity index (χ2n) is 1.94. The third kappa shape index (κ3) is 1.85. The molecule has 1 heterocycles. The predicted octanol–water partition coefficient (Wildman–Crippen LogP) is 1.01. The number of nitrogens with zero attached hydrogens (tertiary/aromatic N) is 1. The van der Waals surface area contributed by atoms with Crippen molar-refractivity contribution >= 4 is 11.9 Å². The summed E-state index contributed by atoms with van der Waals surface area (Å²) < 4.78 is 0. The molecule has 0 atom stereocenters. The van der Waals surface area contributed by atoms with Crippen LogP contribution in [0.4, 0.5) is 0 Å². The van der Waals surface area contributed by atoms with Crippen LogP contribution in [0, 0.1) is 0 Å². The van der Waals surface area contributed by atoms with Crippen molar-refractivity contribution in [2.24, 2.45) is 0 Å². The number of hydrogen-bond acceptors (Lipinski definition) is 2. The topological polar surface area (TPSA) is 45.8 Å². The van der Waals surface area contributed by atoms with Crippen LogP contribution in [0.1, 0.15) is 12.6 Å². The largest absolute Gasteiger partial charge is 0.351 e. The van der Waals surface area contributed by atoms with Crippen molar-refractivity contribution in [3.8, 4) is 0 Å². The number of H-pyrrole nitrogens is 1.